The third-order valence-corrected chi connectivity index (χ3v) is 6.61. The Kier molecular flexibility index (Phi) is 10.8. The van der Waals surface area contributed by atoms with Gasteiger partial charge in [-0.05, 0) is 29.7 Å². The van der Waals surface area contributed by atoms with E-state index in [0.29, 0.717) is 0 Å². The van der Waals surface area contributed by atoms with Crippen LogP contribution in [0.25, 0.3) is 0 Å². The van der Waals surface area contributed by atoms with Crippen molar-refractivity contribution >= 4 is 28.3 Å². The minimum Gasteiger partial charge on any atom is -0.384 e. The number of hydrogen-bond acceptors (Lipinski definition) is 3. The highest BCUT2D eigenvalue weighted by molar-refractivity contribution is 9.10. The third kappa shape index (κ3) is 6.80. The van der Waals surface area contributed by atoms with E-state index in [9.17, 15) is 5.11 Å². The maximum Gasteiger partial charge on any atom is 0.0977 e. The average molecular weight is 497 g/mol. The lowest BCUT2D eigenvalue weighted by Crippen LogP contribution is -2.45. The molecule has 0 amide bonds. The molecule has 1 heterocycles. The molecule has 3 rings (SSSR count). The van der Waals surface area contributed by atoms with Crippen molar-refractivity contribution in [3.05, 3.63) is 70.2 Å². The van der Waals surface area contributed by atoms with Gasteiger partial charge in [0.05, 0.1) is 18.8 Å². The molecule has 0 spiro atoms. The summed E-state index contributed by atoms with van der Waals surface area (Å²) in [5.74, 6) is 0.0182. The molecule has 30 heavy (non-hydrogen) atoms. The normalized spacial score (nSPS) is 17.7. The number of nitrogens with zero attached hydrogens (tertiary/aromatic N) is 1. The van der Waals surface area contributed by atoms with Crippen molar-refractivity contribution in [3.63, 3.8) is 0 Å². The molecule has 2 unspecified atom stereocenters. The molecule has 1 fully saturated rings. The van der Waals surface area contributed by atoms with E-state index in [0.717, 1.165) is 62.1 Å². The smallest absolute Gasteiger partial charge is 0.0977 e. The monoisotopic (exact) mass is 495 g/mol. The predicted molar refractivity (Wildman–Crippen MR) is 130 cm³/mol. The minimum atomic E-state index is -0.895. The van der Waals surface area contributed by atoms with Crippen LogP contribution in [0.5, 0.6) is 0 Å². The van der Waals surface area contributed by atoms with Gasteiger partial charge in [0.15, 0.2) is 0 Å². The minimum absolute atomic E-state index is 0. The lowest BCUT2D eigenvalue weighted by molar-refractivity contribution is -0.0296. The van der Waals surface area contributed by atoms with Gasteiger partial charge in [-0.25, -0.2) is 0 Å². The Bertz CT molecular complexity index is 722. The van der Waals surface area contributed by atoms with Gasteiger partial charge >= 0.3 is 0 Å². The zero-order valence-corrected chi connectivity index (χ0v) is 20.3. The number of hydrogen-bond donors (Lipinski definition) is 1. The van der Waals surface area contributed by atoms with E-state index in [1.165, 1.54) is 18.4 Å². The van der Waals surface area contributed by atoms with Crippen molar-refractivity contribution in [1.29, 1.82) is 0 Å². The standard InChI is InChI=1S/C25H34BrNO2.ClH/c1-2-3-4-8-15-25(28,22-11-13-23(26)14-12-22)24(21-9-6-5-7-10-21)20-27-16-18-29-19-17-27;/h5-7,9-14,24,28H,2-4,8,15-20H2,1H3;1H. The summed E-state index contributed by atoms with van der Waals surface area (Å²) in [6.45, 7) is 6.47. The summed E-state index contributed by atoms with van der Waals surface area (Å²) in [6, 6.07) is 18.8. The summed E-state index contributed by atoms with van der Waals surface area (Å²) < 4.78 is 6.59. The van der Waals surface area contributed by atoms with Crippen LogP contribution in [-0.2, 0) is 10.3 Å². The highest BCUT2D eigenvalue weighted by Gasteiger charge is 2.40. The fraction of sp³-hybridized carbons (Fsp3) is 0.520. The number of aliphatic hydroxyl groups is 1. The van der Waals surface area contributed by atoms with Crippen molar-refractivity contribution in [2.24, 2.45) is 0 Å². The Labute approximate surface area is 196 Å². The average Bonchev–Trinajstić information content (AvgIpc) is 2.77. The van der Waals surface area contributed by atoms with Gasteiger partial charge in [0.25, 0.3) is 0 Å². The Balaban J connectivity index is 0.00000320. The SMILES string of the molecule is CCCCCCC(O)(c1ccc(Br)cc1)C(CN1CCOCC1)c1ccccc1.Cl. The summed E-state index contributed by atoms with van der Waals surface area (Å²) in [5.41, 5.74) is 1.33. The molecule has 3 nitrogen and oxygen atoms in total. The first-order valence-electron chi connectivity index (χ1n) is 11.0. The van der Waals surface area contributed by atoms with Crippen LogP contribution in [-0.4, -0.2) is 42.9 Å². The van der Waals surface area contributed by atoms with Crippen LogP contribution >= 0.6 is 28.3 Å². The highest BCUT2D eigenvalue weighted by Crippen LogP contribution is 2.42. The van der Waals surface area contributed by atoms with Crippen LogP contribution in [0.2, 0.25) is 0 Å². The summed E-state index contributed by atoms with van der Waals surface area (Å²) in [5, 5.41) is 12.2. The van der Waals surface area contributed by atoms with Gasteiger partial charge in [-0.15, -0.1) is 12.4 Å². The van der Waals surface area contributed by atoms with Gasteiger partial charge in [0, 0.05) is 30.0 Å². The van der Waals surface area contributed by atoms with E-state index in [1.54, 1.807) is 0 Å². The van der Waals surface area contributed by atoms with Gasteiger partial charge < -0.3 is 9.84 Å². The van der Waals surface area contributed by atoms with Crippen LogP contribution in [0.1, 0.15) is 56.1 Å². The Hall–Kier alpha value is -0.910. The highest BCUT2D eigenvalue weighted by atomic mass is 79.9. The zero-order chi connectivity index (χ0) is 20.5. The molecule has 2 aromatic rings. The molecule has 0 aromatic heterocycles. The van der Waals surface area contributed by atoms with Crippen molar-refractivity contribution in [2.45, 2.75) is 50.5 Å². The first-order valence-corrected chi connectivity index (χ1v) is 11.8. The molecular weight excluding hydrogens is 462 g/mol. The van der Waals surface area contributed by atoms with Gasteiger partial charge in [0.2, 0.25) is 0 Å². The largest absolute Gasteiger partial charge is 0.384 e. The molecule has 5 heteroatoms. The molecule has 0 radical (unpaired) electrons. The maximum absolute atomic E-state index is 12.2. The van der Waals surface area contributed by atoms with Crippen molar-refractivity contribution in [1.82, 2.24) is 4.90 Å². The second-order valence-electron chi connectivity index (χ2n) is 8.12. The second-order valence-corrected chi connectivity index (χ2v) is 9.03. The summed E-state index contributed by atoms with van der Waals surface area (Å²) in [4.78, 5) is 2.44. The van der Waals surface area contributed by atoms with E-state index in [4.69, 9.17) is 4.74 Å². The number of unbranched alkanes of at least 4 members (excludes halogenated alkanes) is 3. The molecule has 2 aromatic carbocycles. The second kappa shape index (κ2) is 12.8. The Morgan fingerprint density at radius 2 is 1.67 bits per heavy atom. The number of halogens is 2. The number of benzene rings is 2. The quantitative estimate of drug-likeness (QED) is 0.401. The van der Waals surface area contributed by atoms with Crippen molar-refractivity contribution < 1.29 is 9.84 Å². The molecule has 0 aliphatic carbocycles. The number of rotatable bonds is 10. The fourth-order valence-electron chi connectivity index (χ4n) is 4.34. The van der Waals surface area contributed by atoms with Crippen LogP contribution in [0.15, 0.2) is 59.1 Å². The van der Waals surface area contributed by atoms with Crippen LogP contribution in [0.4, 0.5) is 0 Å². The molecule has 2 atom stereocenters. The topological polar surface area (TPSA) is 32.7 Å². The fourth-order valence-corrected chi connectivity index (χ4v) is 4.60. The maximum atomic E-state index is 12.2. The molecule has 166 valence electrons. The zero-order valence-electron chi connectivity index (χ0n) is 17.9. The molecule has 1 saturated heterocycles. The van der Waals surface area contributed by atoms with Gasteiger partial charge in [-0.1, -0.05) is 91.0 Å². The van der Waals surface area contributed by atoms with Gasteiger partial charge in [-0.3, -0.25) is 4.90 Å². The van der Waals surface area contributed by atoms with E-state index in [-0.39, 0.29) is 18.3 Å². The third-order valence-electron chi connectivity index (χ3n) is 6.08. The molecule has 1 N–H and O–H groups in total. The molecule has 1 aliphatic rings. The summed E-state index contributed by atoms with van der Waals surface area (Å²) >= 11 is 3.54. The molecular formula is C25H35BrClNO2. The summed E-state index contributed by atoms with van der Waals surface area (Å²) in [6.07, 6.45) is 5.39. The first kappa shape index (κ1) is 25.4. The molecule has 0 saturated carbocycles. The van der Waals surface area contributed by atoms with Gasteiger partial charge in [-0.2, -0.15) is 0 Å². The van der Waals surface area contributed by atoms with Crippen LogP contribution < -0.4 is 0 Å². The Morgan fingerprint density at radius 1 is 1.00 bits per heavy atom. The Morgan fingerprint density at radius 3 is 2.30 bits per heavy atom. The van der Waals surface area contributed by atoms with Crippen molar-refractivity contribution in [2.75, 3.05) is 32.8 Å². The number of morpholine rings is 1. The lowest BCUT2D eigenvalue weighted by atomic mass is 9.74. The van der Waals surface area contributed by atoms with Crippen molar-refractivity contribution in [3.8, 4) is 0 Å². The lowest BCUT2D eigenvalue weighted by Gasteiger charge is -2.41. The summed E-state index contributed by atoms with van der Waals surface area (Å²) in [7, 11) is 0. The van der Waals surface area contributed by atoms with Crippen LogP contribution in [0.3, 0.4) is 0 Å². The van der Waals surface area contributed by atoms with Crippen LogP contribution in [0, 0.1) is 0 Å². The van der Waals surface area contributed by atoms with E-state index >= 15 is 0 Å². The molecule has 0 bridgehead atoms. The van der Waals surface area contributed by atoms with E-state index in [2.05, 4.69) is 70.2 Å². The number of ether oxygens (including phenoxy) is 1. The van der Waals surface area contributed by atoms with E-state index < -0.39 is 5.60 Å². The van der Waals surface area contributed by atoms with E-state index in [1.807, 2.05) is 12.1 Å². The predicted octanol–water partition coefficient (Wildman–Crippen LogP) is 6.14. The first-order chi connectivity index (χ1) is 14.1. The molecule has 1 aliphatic heterocycles. The van der Waals surface area contributed by atoms with Gasteiger partial charge in [0.1, 0.15) is 0 Å².